The molecule has 0 spiro atoms. The molecule has 4 heterocycles. The van der Waals surface area contributed by atoms with Crippen molar-refractivity contribution in [2.24, 2.45) is 0 Å². The number of nitrogens with zero attached hydrogens (tertiary/aromatic N) is 6. The highest BCUT2D eigenvalue weighted by Gasteiger charge is 2.30. The number of aromatic nitrogens is 3. The van der Waals surface area contributed by atoms with Gasteiger partial charge in [-0.3, -0.25) is 9.59 Å². The van der Waals surface area contributed by atoms with Crippen LogP contribution in [0.1, 0.15) is 44.6 Å². The quantitative estimate of drug-likeness (QED) is 0.528. The largest absolute Gasteiger partial charge is 0.338 e. The molecule has 0 saturated carbocycles. The van der Waals surface area contributed by atoms with Gasteiger partial charge >= 0.3 is 0 Å². The van der Waals surface area contributed by atoms with Gasteiger partial charge in [-0.15, -0.1) is 11.3 Å². The Balaban J connectivity index is 1.16. The zero-order chi connectivity index (χ0) is 24.4. The number of carbonyl (C=O) groups excluding carboxylic acids is 2. The first kappa shape index (κ1) is 23.6. The summed E-state index contributed by atoms with van der Waals surface area (Å²) in [5.41, 5.74) is 0.389. The Hall–Kier alpha value is -3.11. The highest BCUT2D eigenvalue weighted by atomic mass is 35.5. The van der Waals surface area contributed by atoms with E-state index in [0.29, 0.717) is 63.8 Å². The summed E-state index contributed by atoms with van der Waals surface area (Å²) < 4.78 is 14.2. The minimum Gasteiger partial charge on any atom is -0.338 e. The van der Waals surface area contributed by atoms with Crippen molar-refractivity contribution < 1.29 is 14.0 Å². The number of anilines is 1. The lowest BCUT2D eigenvalue weighted by atomic mass is 9.97. The molecule has 2 aliphatic rings. The Morgan fingerprint density at radius 2 is 1.63 bits per heavy atom. The number of piperazine rings is 1. The summed E-state index contributed by atoms with van der Waals surface area (Å²) in [5.74, 6) is -0.222. The fourth-order valence-corrected chi connectivity index (χ4v) is 5.70. The molecule has 0 radical (unpaired) electrons. The number of hydrogen-bond acceptors (Lipinski definition) is 7. The van der Waals surface area contributed by atoms with Crippen LogP contribution in [0.2, 0.25) is 5.02 Å². The van der Waals surface area contributed by atoms with Crippen molar-refractivity contribution in [1.82, 2.24) is 24.8 Å². The summed E-state index contributed by atoms with van der Waals surface area (Å²) in [7, 11) is 0. The van der Waals surface area contributed by atoms with Crippen LogP contribution < -0.4 is 4.90 Å². The van der Waals surface area contributed by atoms with Crippen molar-refractivity contribution >= 4 is 40.7 Å². The summed E-state index contributed by atoms with van der Waals surface area (Å²) in [4.78, 5) is 44.5. The third-order valence-corrected chi connectivity index (χ3v) is 7.77. The van der Waals surface area contributed by atoms with E-state index in [9.17, 15) is 14.0 Å². The molecule has 3 aromatic rings. The second-order valence-electron chi connectivity index (χ2n) is 8.56. The van der Waals surface area contributed by atoms with Crippen LogP contribution in [-0.4, -0.2) is 75.8 Å². The Bertz CT molecular complexity index is 1190. The minimum absolute atomic E-state index is 0.0667. The van der Waals surface area contributed by atoms with E-state index in [1.807, 2.05) is 10.3 Å². The molecule has 2 aliphatic heterocycles. The average Bonchev–Trinajstić information content (AvgIpc) is 3.39. The van der Waals surface area contributed by atoms with Crippen LogP contribution in [-0.2, 0) is 0 Å². The fourth-order valence-electron chi connectivity index (χ4n) is 4.49. The molecule has 2 saturated heterocycles. The number of hydrogen-bond donors (Lipinski definition) is 0. The first-order valence-corrected chi connectivity index (χ1v) is 12.8. The van der Waals surface area contributed by atoms with Crippen molar-refractivity contribution in [3.8, 4) is 0 Å². The SMILES string of the molecule is O=C(c1csc(C2CCN(C(=O)c3c(F)cccc3Cl)CC2)n1)N1CCN(c2ncccn2)CC1. The van der Waals surface area contributed by atoms with Gasteiger partial charge < -0.3 is 14.7 Å². The molecule has 0 N–H and O–H groups in total. The van der Waals surface area contributed by atoms with Crippen molar-refractivity contribution in [1.29, 1.82) is 0 Å². The number of thiazole rings is 1. The zero-order valence-corrected chi connectivity index (χ0v) is 20.5. The van der Waals surface area contributed by atoms with Crippen LogP contribution in [0.3, 0.4) is 0 Å². The van der Waals surface area contributed by atoms with Gasteiger partial charge in [-0.1, -0.05) is 17.7 Å². The van der Waals surface area contributed by atoms with E-state index in [4.69, 9.17) is 11.6 Å². The predicted molar refractivity (Wildman–Crippen MR) is 132 cm³/mol. The fraction of sp³-hybridized carbons (Fsp3) is 0.375. The Labute approximate surface area is 211 Å². The zero-order valence-electron chi connectivity index (χ0n) is 18.9. The summed E-state index contributed by atoms with van der Waals surface area (Å²) >= 11 is 7.55. The average molecular weight is 515 g/mol. The lowest BCUT2D eigenvalue weighted by molar-refractivity contribution is 0.0708. The van der Waals surface area contributed by atoms with Crippen LogP contribution in [0.5, 0.6) is 0 Å². The van der Waals surface area contributed by atoms with Gasteiger partial charge in [0, 0.05) is 63.0 Å². The highest BCUT2D eigenvalue weighted by molar-refractivity contribution is 7.09. The van der Waals surface area contributed by atoms with Crippen LogP contribution >= 0.6 is 22.9 Å². The van der Waals surface area contributed by atoms with Crippen molar-refractivity contribution in [2.75, 3.05) is 44.2 Å². The van der Waals surface area contributed by atoms with Crippen LogP contribution in [0.15, 0.2) is 42.0 Å². The number of rotatable bonds is 4. The van der Waals surface area contributed by atoms with E-state index in [-0.39, 0.29) is 28.3 Å². The van der Waals surface area contributed by atoms with Gasteiger partial charge in [-0.25, -0.2) is 19.3 Å². The predicted octanol–water partition coefficient (Wildman–Crippen LogP) is 3.71. The highest BCUT2D eigenvalue weighted by Crippen LogP contribution is 2.32. The molecule has 1 aromatic carbocycles. The van der Waals surface area contributed by atoms with E-state index in [1.54, 1.807) is 23.4 Å². The van der Waals surface area contributed by atoms with Gasteiger partial charge in [-0.2, -0.15) is 0 Å². The molecule has 5 rings (SSSR count). The summed E-state index contributed by atoms with van der Waals surface area (Å²) in [5, 5.41) is 2.85. The van der Waals surface area contributed by atoms with Gasteiger partial charge in [-0.05, 0) is 31.0 Å². The third kappa shape index (κ3) is 4.99. The number of halogens is 2. The number of benzene rings is 1. The molecule has 182 valence electrons. The summed E-state index contributed by atoms with van der Waals surface area (Å²) in [6.07, 6.45) is 4.84. The second-order valence-corrected chi connectivity index (χ2v) is 9.86. The maximum Gasteiger partial charge on any atom is 0.273 e. The molecule has 2 fully saturated rings. The molecule has 0 bridgehead atoms. The van der Waals surface area contributed by atoms with Crippen molar-refractivity contribution in [3.63, 3.8) is 0 Å². The lowest BCUT2D eigenvalue weighted by Gasteiger charge is -2.34. The monoisotopic (exact) mass is 514 g/mol. The molecule has 8 nitrogen and oxygen atoms in total. The standard InChI is InChI=1S/C24H24ClFN6O2S/c25-17-3-1-4-18(26)20(17)23(34)30-9-5-16(6-10-30)21-29-19(15-35-21)22(33)31-11-13-32(14-12-31)24-27-7-2-8-28-24/h1-4,7-8,15-16H,5-6,9-14H2. The normalized spacial score (nSPS) is 17.0. The number of piperidine rings is 1. The molecule has 0 aliphatic carbocycles. The van der Waals surface area contributed by atoms with Gasteiger partial charge in [0.1, 0.15) is 11.5 Å². The number of carbonyl (C=O) groups is 2. The van der Waals surface area contributed by atoms with Gasteiger partial charge in [0.25, 0.3) is 11.8 Å². The van der Waals surface area contributed by atoms with Gasteiger partial charge in [0.05, 0.1) is 15.6 Å². The van der Waals surface area contributed by atoms with E-state index >= 15 is 0 Å². The van der Waals surface area contributed by atoms with Crippen molar-refractivity contribution in [3.05, 3.63) is 69.1 Å². The summed E-state index contributed by atoms with van der Waals surface area (Å²) in [6.45, 7) is 3.49. The van der Waals surface area contributed by atoms with E-state index in [2.05, 4.69) is 19.9 Å². The third-order valence-electron chi connectivity index (χ3n) is 6.45. The minimum atomic E-state index is -0.607. The maximum atomic E-state index is 14.2. The molecular weight excluding hydrogens is 491 g/mol. The van der Waals surface area contributed by atoms with Gasteiger partial charge in [0.15, 0.2) is 0 Å². The van der Waals surface area contributed by atoms with Crippen LogP contribution in [0, 0.1) is 5.82 Å². The molecule has 11 heteroatoms. The number of amides is 2. The topological polar surface area (TPSA) is 82.5 Å². The second kappa shape index (κ2) is 10.2. The van der Waals surface area contributed by atoms with Crippen molar-refractivity contribution in [2.45, 2.75) is 18.8 Å². The Morgan fingerprint density at radius 3 is 2.31 bits per heavy atom. The van der Waals surface area contributed by atoms with Crippen LogP contribution in [0.25, 0.3) is 0 Å². The van der Waals surface area contributed by atoms with Crippen LogP contribution in [0.4, 0.5) is 10.3 Å². The van der Waals surface area contributed by atoms with Gasteiger partial charge in [0.2, 0.25) is 5.95 Å². The number of likely N-dealkylation sites (tertiary alicyclic amines) is 1. The first-order valence-electron chi connectivity index (χ1n) is 11.5. The summed E-state index contributed by atoms with van der Waals surface area (Å²) in [6, 6.07) is 6.03. The molecule has 35 heavy (non-hydrogen) atoms. The first-order chi connectivity index (χ1) is 17.0. The lowest BCUT2D eigenvalue weighted by Crippen LogP contribution is -2.49. The maximum absolute atomic E-state index is 14.2. The molecule has 2 amide bonds. The molecule has 2 aromatic heterocycles. The van der Waals surface area contributed by atoms with E-state index in [0.717, 1.165) is 5.01 Å². The molecular formula is C24H24ClFN6O2S. The van der Waals surface area contributed by atoms with E-state index < -0.39 is 5.82 Å². The molecule has 0 atom stereocenters. The molecule has 0 unspecified atom stereocenters. The Kier molecular flexibility index (Phi) is 6.92. The van der Waals surface area contributed by atoms with E-state index in [1.165, 1.54) is 29.5 Å². The Morgan fingerprint density at radius 1 is 0.943 bits per heavy atom. The smallest absolute Gasteiger partial charge is 0.273 e.